The van der Waals surface area contributed by atoms with E-state index in [9.17, 15) is 0 Å². The van der Waals surface area contributed by atoms with Crippen LogP contribution in [0, 0.1) is 18.3 Å². The predicted octanol–water partition coefficient (Wildman–Crippen LogP) is 4.10. The highest BCUT2D eigenvalue weighted by atomic mass is 35.5. The second kappa shape index (κ2) is 6.80. The van der Waals surface area contributed by atoms with Crippen LogP contribution < -0.4 is 5.32 Å². The molecule has 2 rings (SSSR count). The molecule has 1 aromatic carbocycles. The molecule has 0 saturated carbocycles. The van der Waals surface area contributed by atoms with Crippen molar-refractivity contribution in [3.63, 3.8) is 0 Å². The second-order valence-electron chi connectivity index (χ2n) is 5.20. The van der Waals surface area contributed by atoms with Crippen molar-refractivity contribution >= 4 is 11.6 Å². The molecule has 0 aliphatic carbocycles. The first-order chi connectivity index (χ1) is 10.1. The van der Waals surface area contributed by atoms with Crippen molar-refractivity contribution in [1.82, 2.24) is 9.88 Å². The maximum atomic E-state index is 9.08. The van der Waals surface area contributed by atoms with E-state index >= 15 is 0 Å². The van der Waals surface area contributed by atoms with Gasteiger partial charge in [0.1, 0.15) is 11.8 Å². The van der Waals surface area contributed by atoms with Crippen LogP contribution in [0.3, 0.4) is 0 Å². The van der Waals surface area contributed by atoms with Gasteiger partial charge in [-0.3, -0.25) is 0 Å². The zero-order chi connectivity index (χ0) is 15.4. The van der Waals surface area contributed by atoms with E-state index in [4.69, 9.17) is 16.9 Å². The summed E-state index contributed by atoms with van der Waals surface area (Å²) in [6.07, 6.45) is 0.999. The highest BCUT2D eigenvalue weighted by Gasteiger charge is 2.12. The van der Waals surface area contributed by atoms with Crippen LogP contribution in [-0.4, -0.2) is 4.57 Å². The van der Waals surface area contributed by atoms with Gasteiger partial charge in [-0.05, 0) is 42.7 Å². The molecule has 1 atom stereocenters. The summed E-state index contributed by atoms with van der Waals surface area (Å²) in [4.78, 5) is 0. The van der Waals surface area contributed by atoms with Gasteiger partial charge in [0.25, 0.3) is 0 Å². The number of halogens is 1. The Morgan fingerprint density at radius 2 is 2.00 bits per heavy atom. The first kappa shape index (κ1) is 15.6. The van der Waals surface area contributed by atoms with Gasteiger partial charge in [-0.2, -0.15) is 5.26 Å². The molecule has 110 valence electrons. The molecule has 0 aliphatic rings. The van der Waals surface area contributed by atoms with Crippen LogP contribution in [-0.2, 0) is 13.6 Å². The van der Waals surface area contributed by atoms with Gasteiger partial charge in [0.2, 0.25) is 0 Å². The Bertz CT molecular complexity index is 650. The van der Waals surface area contributed by atoms with E-state index < -0.39 is 0 Å². The lowest BCUT2D eigenvalue weighted by molar-refractivity contribution is 0.518. The third-order valence-electron chi connectivity index (χ3n) is 3.97. The second-order valence-corrected chi connectivity index (χ2v) is 5.64. The molecular formula is C17H20ClN3. The number of nitrogens with one attached hydrogen (secondary N) is 1. The van der Waals surface area contributed by atoms with Gasteiger partial charge in [0.15, 0.2) is 0 Å². The van der Waals surface area contributed by atoms with Crippen LogP contribution in [0.25, 0.3) is 0 Å². The molecule has 1 N–H and O–H groups in total. The maximum Gasteiger partial charge on any atom is 0.120 e. The Morgan fingerprint density at radius 1 is 1.33 bits per heavy atom. The molecule has 0 aliphatic heterocycles. The predicted molar refractivity (Wildman–Crippen MR) is 86.2 cm³/mol. The summed E-state index contributed by atoms with van der Waals surface area (Å²) in [5.41, 5.74) is 4.23. The van der Waals surface area contributed by atoms with E-state index in [0.29, 0.717) is 5.69 Å². The summed E-state index contributed by atoms with van der Waals surface area (Å²) in [5, 5.41) is 13.4. The Hall–Kier alpha value is -1.76. The van der Waals surface area contributed by atoms with E-state index in [1.807, 2.05) is 36.7 Å². The Balaban J connectivity index is 2.10. The lowest BCUT2D eigenvalue weighted by Crippen LogP contribution is -2.20. The average molecular weight is 302 g/mol. The minimum Gasteiger partial charge on any atom is -0.340 e. The van der Waals surface area contributed by atoms with Gasteiger partial charge >= 0.3 is 0 Å². The number of hydrogen-bond donors (Lipinski definition) is 1. The summed E-state index contributed by atoms with van der Waals surface area (Å²) in [6.45, 7) is 4.95. The largest absolute Gasteiger partial charge is 0.340 e. The Labute approximate surface area is 131 Å². The molecule has 21 heavy (non-hydrogen) atoms. The Morgan fingerprint density at radius 3 is 2.52 bits per heavy atom. The van der Waals surface area contributed by atoms with Gasteiger partial charge < -0.3 is 9.88 Å². The molecule has 0 bridgehead atoms. The molecule has 1 unspecified atom stereocenters. The molecule has 4 heteroatoms. The number of hydrogen-bond acceptors (Lipinski definition) is 2. The normalized spacial score (nSPS) is 12.1. The molecule has 0 spiro atoms. The molecule has 2 aromatic rings. The molecule has 0 radical (unpaired) electrons. The van der Waals surface area contributed by atoms with Crippen molar-refractivity contribution in [1.29, 1.82) is 5.26 Å². The fraction of sp³-hybridized carbons (Fsp3) is 0.353. The first-order valence-electron chi connectivity index (χ1n) is 7.11. The van der Waals surface area contributed by atoms with E-state index in [-0.39, 0.29) is 6.04 Å². The van der Waals surface area contributed by atoms with Gasteiger partial charge in [-0.1, -0.05) is 30.7 Å². The molecule has 0 saturated heterocycles. The lowest BCUT2D eigenvalue weighted by Gasteiger charge is -2.17. The number of aromatic nitrogens is 1. The summed E-state index contributed by atoms with van der Waals surface area (Å²) >= 11 is 5.94. The smallest absolute Gasteiger partial charge is 0.120 e. The quantitative estimate of drug-likeness (QED) is 0.903. The first-order valence-corrected chi connectivity index (χ1v) is 7.48. The highest BCUT2D eigenvalue weighted by Crippen LogP contribution is 2.21. The maximum absolute atomic E-state index is 9.08. The van der Waals surface area contributed by atoms with Gasteiger partial charge in [0.05, 0.1) is 0 Å². The third kappa shape index (κ3) is 3.47. The Kier molecular flexibility index (Phi) is 5.06. The van der Waals surface area contributed by atoms with Crippen LogP contribution in [0.5, 0.6) is 0 Å². The number of benzene rings is 1. The zero-order valence-electron chi connectivity index (χ0n) is 12.7. The average Bonchev–Trinajstić information content (AvgIpc) is 2.77. The summed E-state index contributed by atoms with van der Waals surface area (Å²) in [6, 6.07) is 12.4. The SMILES string of the molecule is CCC(NCc1cc(C#N)n(C)c1C)c1ccc(Cl)cc1. The van der Waals surface area contributed by atoms with Gasteiger partial charge in [-0.25, -0.2) is 0 Å². The molecule has 1 heterocycles. The van der Waals surface area contributed by atoms with E-state index in [2.05, 4.69) is 30.4 Å². The monoisotopic (exact) mass is 301 g/mol. The van der Waals surface area contributed by atoms with E-state index in [1.54, 1.807) is 0 Å². The van der Waals surface area contributed by atoms with Gasteiger partial charge in [0, 0.05) is 30.4 Å². The van der Waals surface area contributed by atoms with E-state index in [1.165, 1.54) is 11.1 Å². The number of nitriles is 1. The molecule has 0 amide bonds. The fourth-order valence-corrected chi connectivity index (χ4v) is 2.60. The van der Waals surface area contributed by atoms with Crippen molar-refractivity contribution in [3.05, 3.63) is 57.9 Å². The number of nitrogens with zero attached hydrogens (tertiary/aromatic N) is 2. The standard InChI is InChI=1S/C17H20ClN3/c1-4-17(13-5-7-15(18)8-6-13)20-11-14-9-16(10-19)21(3)12(14)2/h5-9,17,20H,4,11H2,1-3H3. The van der Waals surface area contributed by atoms with Crippen molar-refractivity contribution in [3.8, 4) is 6.07 Å². The third-order valence-corrected chi connectivity index (χ3v) is 4.23. The minimum absolute atomic E-state index is 0.285. The lowest BCUT2D eigenvalue weighted by atomic mass is 10.0. The van der Waals surface area contributed by atoms with Crippen LogP contribution in [0.1, 0.15) is 41.9 Å². The minimum atomic E-state index is 0.285. The zero-order valence-corrected chi connectivity index (χ0v) is 13.4. The summed E-state index contributed by atoms with van der Waals surface area (Å²) in [7, 11) is 1.92. The molecule has 3 nitrogen and oxygen atoms in total. The van der Waals surface area contributed by atoms with Crippen LogP contribution in [0.15, 0.2) is 30.3 Å². The van der Waals surface area contributed by atoms with E-state index in [0.717, 1.165) is 23.7 Å². The molecule has 1 aromatic heterocycles. The van der Waals surface area contributed by atoms with Crippen molar-refractivity contribution in [2.24, 2.45) is 7.05 Å². The fourth-order valence-electron chi connectivity index (χ4n) is 2.47. The van der Waals surface area contributed by atoms with Crippen LogP contribution >= 0.6 is 11.6 Å². The van der Waals surface area contributed by atoms with Crippen LogP contribution in [0.4, 0.5) is 0 Å². The molecular weight excluding hydrogens is 282 g/mol. The van der Waals surface area contributed by atoms with Gasteiger partial charge in [-0.15, -0.1) is 0 Å². The van der Waals surface area contributed by atoms with Crippen molar-refractivity contribution < 1.29 is 0 Å². The summed E-state index contributed by atoms with van der Waals surface area (Å²) in [5.74, 6) is 0. The summed E-state index contributed by atoms with van der Waals surface area (Å²) < 4.78 is 1.93. The van der Waals surface area contributed by atoms with Crippen LogP contribution in [0.2, 0.25) is 5.02 Å². The molecule has 0 fully saturated rings. The van der Waals surface area contributed by atoms with Crippen molar-refractivity contribution in [2.75, 3.05) is 0 Å². The highest BCUT2D eigenvalue weighted by molar-refractivity contribution is 6.30. The number of rotatable bonds is 5. The van der Waals surface area contributed by atoms with Crippen molar-refractivity contribution in [2.45, 2.75) is 32.9 Å². The topological polar surface area (TPSA) is 40.8 Å².